The van der Waals surface area contributed by atoms with Gasteiger partial charge in [0.25, 0.3) is 0 Å². The van der Waals surface area contributed by atoms with Crippen LogP contribution < -0.4 is 4.74 Å². The molecule has 0 saturated heterocycles. The minimum absolute atomic E-state index is 0.0379. The molecule has 0 spiro atoms. The summed E-state index contributed by atoms with van der Waals surface area (Å²) in [4.78, 5) is 10.6. The molecule has 0 aliphatic heterocycles. The van der Waals surface area contributed by atoms with E-state index in [1.165, 1.54) is 25.3 Å². The monoisotopic (exact) mass is 225 g/mol. The summed E-state index contributed by atoms with van der Waals surface area (Å²) in [5, 5.41) is 29.1. The first-order valence-electron chi connectivity index (χ1n) is 4.38. The summed E-state index contributed by atoms with van der Waals surface area (Å²) in [6.07, 6.45) is -0.0531. The molecule has 6 nitrogen and oxygen atoms in total. The van der Waals surface area contributed by atoms with Crippen LogP contribution in [0, 0.1) is 0 Å². The molecule has 0 bridgehead atoms. The fourth-order valence-electron chi connectivity index (χ4n) is 1.18. The third-order valence-electron chi connectivity index (χ3n) is 1.98. The number of ether oxygens (including phenoxy) is 1. The quantitative estimate of drug-likeness (QED) is 0.401. The zero-order valence-electron chi connectivity index (χ0n) is 8.54. The molecular formula is C10H11NO5. The van der Waals surface area contributed by atoms with E-state index in [1.807, 2.05) is 0 Å². The minimum atomic E-state index is -1.30. The van der Waals surface area contributed by atoms with Crippen molar-refractivity contribution in [1.29, 1.82) is 0 Å². The standard InChI is InChI=1S/C10H11NO5/c1-16-9-5-6(2-3-8(9)12)4-7(11-15)10(13)14/h2-3,5,12,15H,4H2,1H3,(H,13,14). The number of rotatable bonds is 4. The smallest absolute Gasteiger partial charge is 0.354 e. The average molecular weight is 225 g/mol. The number of carbonyl (C=O) groups is 1. The van der Waals surface area contributed by atoms with Crippen molar-refractivity contribution in [3.63, 3.8) is 0 Å². The lowest BCUT2D eigenvalue weighted by molar-refractivity contribution is -0.129. The number of aliphatic carboxylic acids is 1. The highest BCUT2D eigenvalue weighted by Crippen LogP contribution is 2.26. The number of carboxylic acid groups (broad SMARTS) is 1. The van der Waals surface area contributed by atoms with E-state index in [1.54, 1.807) is 0 Å². The maximum Gasteiger partial charge on any atom is 0.354 e. The molecular weight excluding hydrogens is 214 g/mol. The lowest BCUT2D eigenvalue weighted by atomic mass is 10.1. The predicted molar refractivity (Wildman–Crippen MR) is 55.2 cm³/mol. The fourth-order valence-corrected chi connectivity index (χ4v) is 1.18. The number of oxime groups is 1. The molecule has 0 heterocycles. The maximum absolute atomic E-state index is 10.6. The van der Waals surface area contributed by atoms with Crippen molar-refractivity contribution in [3.8, 4) is 11.5 Å². The molecule has 0 aliphatic rings. The van der Waals surface area contributed by atoms with Crippen molar-refractivity contribution in [3.05, 3.63) is 23.8 Å². The summed E-state index contributed by atoms with van der Waals surface area (Å²) in [6, 6.07) is 4.38. The second-order valence-corrected chi connectivity index (χ2v) is 3.03. The second-order valence-electron chi connectivity index (χ2n) is 3.03. The number of hydrogen-bond acceptors (Lipinski definition) is 5. The lowest BCUT2D eigenvalue weighted by Crippen LogP contribution is -2.15. The fraction of sp³-hybridized carbons (Fsp3) is 0.200. The van der Waals surface area contributed by atoms with Crippen molar-refractivity contribution in [2.24, 2.45) is 5.16 Å². The lowest BCUT2D eigenvalue weighted by Gasteiger charge is -2.05. The van der Waals surface area contributed by atoms with E-state index >= 15 is 0 Å². The molecule has 0 saturated carbocycles. The van der Waals surface area contributed by atoms with Gasteiger partial charge in [0.2, 0.25) is 0 Å². The predicted octanol–water partition coefficient (Wildman–Crippen LogP) is 0.858. The van der Waals surface area contributed by atoms with Gasteiger partial charge in [0, 0.05) is 6.42 Å². The molecule has 1 rings (SSSR count). The van der Waals surface area contributed by atoms with Crippen LogP contribution in [0.3, 0.4) is 0 Å². The van der Waals surface area contributed by atoms with Gasteiger partial charge in [-0.1, -0.05) is 11.2 Å². The van der Waals surface area contributed by atoms with Crippen LogP contribution >= 0.6 is 0 Å². The van der Waals surface area contributed by atoms with E-state index < -0.39 is 5.97 Å². The van der Waals surface area contributed by atoms with Gasteiger partial charge >= 0.3 is 5.97 Å². The van der Waals surface area contributed by atoms with E-state index in [0.29, 0.717) is 5.56 Å². The van der Waals surface area contributed by atoms with E-state index in [-0.39, 0.29) is 23.6 Å². The van der Waals surface area contributed by atoms with Crippen molar-refractivity contribution >= 4 is 11.7 Å². The molecule has 0 atom stereocenters. The Morgan fingerprint density at radius 2 is 2.19 bits per heavy atom. The first kappa shape index (κ1) is 11.8. The number of methoxy groups -OCH3 is 1. The zero-order valence-corrected chi connectivity index (χ0v) is 8.54. The summed E-state index contributed by atoms with van der Waals surface area (Å²) < 4.78 is 4.86. The van der Waals surface area contributed by atoms with E-state index in [0.717, 1.165) is 0 Å². The van der Waals surface area contributed by atoms with Gasteiger partial charge in [-0.05, 0) is 17.7 Å². The molecule has 0 unspecified atom stereocenters. The number of aromatic hydroxyl groups is 1. The molecule has 0 fully saturated rings. The Morgan fingerprint density at radius 1 is 1.50 bits per heavy atom. The number of phenols is 1. The van der Waals surface area contributed by atoms with Gasteiger partial charge in [-0.2, -0.15) is 0 Å². The van der Waals surface area contributed by atoms with Crippen LogP contribution in [-0.4, -0.2) is 34.2 Å². The molecule has 0 radical (unpaired) electrons. The minimum Gasteiger partial charge on any atom is -0.504 e. The van der Waals surface area contributed by atoms with E-state index in [4.69, 9.17) is 15.1 Å². The Labute approximate surface area is 91.4 Å². The van der Waals surface area contributed by atoms with Crippen LogP contribution in [0.4, 0.5) is 0 Å². The first-order valence-corrected chi connectivity index (χ1v) is 4.38. The normalized spacial score (nSPS) is 11.2. The summed E-state index contributed by atoms with van der Waals surface area (Å²) >= 11 is 0. The van der Waals surface area contributed by atoms with Gasteiger partial charge in [-0.25, -0.2) is 4.79 Å². The van der Waals surface area contributed by atoms with Gasteiger partial charge in [-0.3, -0.25) is 0 Å². The zero-order chi connectivity index (χ0) is 12.1. The van der Waals surface area contributed by atoms with E-state index in [9.17, 15) is 9.90 Å². The third kappa shape index (κ3) is 2.63. The van der Waals surface area contributed by atoms with Gasteiger partial charge in [0.05, 0.1) is 7.11 Å². The van der Waals surface area contributed by atoms with Crippen LogP contribution in [0.2, 0.25) is 0 Å². The third-order valence-corrected chi connectivity index (χ3v) is 1.98. The Balaban J connectivity index is 2.94. The SMILES string of the molecule is COc1cc(CC(=NO)C(=O)O)ccc1O. The van der Waals surface area contributed by atoms with E-state index in [2.05, 4.69) is 5.16 Å². The van der Waals surface area contributed by atoms with Crippen molar-refractivity contribution in [1.82, 2.24) is 0 Å². The summed E-state index contributed by atoms with van der Waals surface area (Å²) in [6.45, 7) is 0. The average Bonchev–Trinajstić information content (AvgIpc) is 2.27. The molecule has 16 heavy (non-hydrogen) atoms. The Bertz CT molecular complexity index is 427. The molecule has 0 aromatic heterocycles. The van der Waals surface area contributed by atoms with Crippen LogP contribution in [0.15, 0.2) is 23.4 Å². The van der Waals surface area contributed by atoms with Crippen LogP contribution in [-0.2, 0) is 11.2 Å². The summed E-state index contributed by atoms with van der Waals surface area (Å²) in [5.74, 6) is -1.10. The highest BCUT2D eigenvalue weighted by Gasteiger charge is 2.12. The van der Waals surface area contributed by atoms with Crippen LogP contribution in [0.25, 0.3) is 0 Å². The number of benzene rings is 1. The molecule has 3 N–H and O–H groups in total. The topological polar surface area (TPSA) is 99.4 Å². The van der Waals surface area contributed by atoms with Gasteiger partial charge in [0.15, 0.2) is 17.2 Å². The largest absolute Gasteiger partial charge is 0.504 e. The number of nitrogens with zero attached hydrogens (tertiary/aromatic N) is 1. The van der Waals surface area contributed by atoms with Crippen molar-refractivity contribution < 1.29 is 25.0 Å². The Kier molecular flexibility index (Phi) is 3.71. The van der Waals surface area contributed by atoms with Gasteiger partial charge < -0.3 is 20.2 Å². The highest BCUT2D eigenvalue weighted by atomic mass is 16.5. The molecule has 86 valence electrons. The summed E-state index contributed by atoms with van der Waals surface area (Å²) in [5.41, 5.74) is 0.178. The molecule has 1 aromatic rings. The Hall–Kier alpha value is -2.24. The molecule has 0 aliphatic carbocycles. The van der Waals surface area contributed by atoms with Crippen molar-refractivity contribution in [2.75, 3.05) is 7.11 Å². The number of phenolic OH excluding ortho intramolecular Hbond substituents is 1. The van der Waals surface area contributed by atoms with Gasteiger partial charge in [-0.15, -0.1) is 0 Å². The number of hydrogen-bond donors (Lipinski definition) is 3. The summed E-state index contributed by atoms with van der Waals surface area (Å²) in [7, 11) is 1.39. The number of carboxylic acids is 1. The van der Waals surface area contributed by atoms with Crippen LogP contribution in [0.5, 0.6) is 11.5 Å². The Morgan fingerprint density at radius 3 is 2.69 bits per heavy atom. The molecule has 1 aromatic carbocycles. The highest BCUT2D eigenvalue weighted by molar-refractivity contribution is 6.35. The first-order chi connectivity index (χ1) is 7.58. The molecule has 6 heteroatoms. The molecule has 0 amide bonds. The maximum atomic E-state index is 10.6. The second kappa shape index (κ2) is 5.01. The van der Waals surface area contributed by atoms with Crippen LogP contribution in [0.1, 0.15) is 5.56 Å². The van der Waals surface area contributed by atoms with Crippen molar-refractivity contribution in [2.45, 2.75) is 6.42 Å². The van der Waals surface area contributed by atoms with Gasteiger partial charge in [0.1, 0.15) is 0 Å².